The number of ether oxygens (including phenoxy) is 1. The fourth-order valence-corrected chi connectivity index (χ4v) is 2.81. The first-order valence-corrected chi connectivity index (χ1v) is 7.97. The summed E-state index contributed by atoms with van der Waals surface area (Å²) in [7, 11) is 0. The molecule has 0 fully saturated rings. The van der Waals surface area contributed by atoms with Crippen molar-refractivity contribution in [3.8, 4) is 5.75 Å². The Balaban J connectivity index is 1.72. The number of nitrogens with zero attached hydrogens (tertiary/aromatic N) is 2. The highest BCUT2D eigenvalue weighted by Crippen LogP contribution is 2.38. The van der Waals surface area contributed by atoms with Gasteiger partial charge in [-0.25, -0.2) is 0 Å². The molecule has 3 rings (SSSR count). The van der Waals surface area contributed by atoms with Gasteiger partial charge in [-0.3, -0.25) is 4.79 Å². The van der Waals surface area contributed by atoms with Gasteiger partial charge < -0.3 is 9.84 Å². The maximum atomic E-state index is 13.0. The average Bonchev–Trinajstić information content (AvgIpc) is 2.95. The second-order valence-corrected chi connectivity index (χ2v) is 6.38. The highest BCUT2D eigenvalue weighted by molar-refractivity contribution is 9.10. The van der Waals surface area contributed by atoms with Crippen molar-refractivity contribution in [2.45, 2.75) is 18.3 Å². The van der Waals surface area contributed by atoms with Crippen molar-refractivity contribution in [2.75, 3.05) is 6.61 Å². The summed E-state index contributed by atoms with van der Waals surface area (Å²) < 4.78 is 45.0. The molecule has 0 bridgehead atoms. The molecule has 1 aliphatic heterocycles. The van der Waals surface area contributed by atoms with E-state index in [-0.39, 0.29) is 5.01 Å². The number of fused-ring (bicyclic) bond motifs is 1. The van der Waals surface area contributed by atoms with Crippen LogP contribution in [0.2, 0.25) is 0 Å². The Bertz CT molecular complexity index is 856. The van der Waals surface area contributed by atoms with Crippen LogP contribution >= 0.6 is 15.9 Å². The second-order valence-electron chi connectivity index (χ2n) is 5.46. The Kier molecular flexibility index (Phi) is 4.46. The number of aliphatic hydroxyl groups is 1. The number of alkyl halides is 3. The molecule has 1 aliphatic rings. The molecule has 1 heterocycles. The monoisotopic (exact) mass is 416 g/mol. The predicted octanol–water partition coefficient (Wildman–Crippen LogP) is 3.45. The van der Waals surface area contributed by atoms with Gasteiger partial charge in [0.05, 0.1) is 0 Å². The SMILES string of the molecule is O=C(COc1ccc2cc(Br)ccc2c1)N1N=CC[C@]1(O)C(F)(F)F. The standard InChI is InChI=1S/C16H12BrF3N2O3/c17-12-3-1-11-8-13(4-2-10(11)7-12)25-9-14(23)22-15(24,5-6-21-22)16(18,19)20/h1-4,6-8,24H,5,9H2/t15-/m0/s1. The summed E-state index contributed by atoms with van der Waals surface area (Å²) in [6, 6.07) is 10.6. The van der Waals surface area contributed by atoms with Gasteiger partial charge in [-0.1, -0.05) is 28.1 Å². The van der Waals surface area contributed by atoms with Crippen LogP contribution in [0.1, 0.15) is 6.42 Å². The lowest BCUT2D eigenvalue weighted by atomic mass is 10.1. The van der Waals surface area contributed by atoms with Gasteiger partial charge in [-0.2, -0.15) is 23.3 Å². The molecule has 0 unspecified atom stereocenters. The number of hydrogen-bond acceptors (Lipinski definition) is 4. The molecule has 1 amide bonds. The van der Waals surface area contributed by atoms with E-state index in [4.69, 9.17) is 4.74 Å². The molecular weight excluding hydrogens is 405 g/mol. The van der Waals surface area contributed by atoms with E-state index < -0.39 is 30.8 Å². The van der Waals surface area contributed by atoms with Crippen molar-refractivity contribution in [3.05, 3.63) is 40.9 Å². The van der Waals surface area contributed by atoms with E-state index in [0.717, 1.165) is 21.5 Å². The van der Waals surface area contributed by atoms with Gasteiger partial charge in [-0.15, -0.1) is 0 Å². The maximum absolute atomic E-state index is 13.0. The molecule has 132 valence electrons. The smallest absolute Gasteiger partial charge is 0.438 e. The fraction of sp³-hybridized carbons (Fsp3) is 0.250. The van der Waals surface area contributed by atoms with Gasteiger partial charge in [0.15, 0.2) is 6.61 Å². The quantitative estimate of drug-likeness (QED) is 0.833. The third kappa shape index (κ3) is 3.34. The van der Waals surface area contributed by atoms with Crippen molar-refractivity contribution in [3.63, 3.8) is 0 Å². The summed E-state index contributed by atoms with van der Waals surface area (Å²) in [6.45, 7) is -0.683. The number of carbonyl (C=O) groups is 1. The molecule has 5 nitrogen and oxygen atoms in total. The first kappa shape index (κ1) is 17.7. The maximum Gasteiger partial charge on any atom is 0.438 e. The van der Waals surface area contributed by atoms with Crippen LogP contribution in [0.3, 0.4) is 0 Å². The molecule has 25 heavy (non-hydrogen) atoms. The van der Waals surface area contributed by atoms with Crippen LogP contribution in [0.4, 0.5) is 13.2 Å². The highest BCUT2D eigenvalue weighted by Gasteiger charge is 2.61. The fourth-order valence-electron chi connectivity index (χ4n) is 2.43. The van der Waals surface area contributed by atoms with Crippen LogP contribution in [0.5, 0.6) is 5.75 Å². The topological polar surface area (TPSA) is 62.1 Å². The van der Waals surface area contributed by atoms with E-state index in [1.807, 2.05) is 18.2 Å². The van der Waals surface area contributed by atoms with Gasteiger partial charge in [0.2, 0.25) is 0 Å². The Labute approximate surface area is 148 Å². The minimum atomic E-state index is -5.02. The van der Waals surface area contributed by atoms with Crippen LogP contribution in [0.25, 0.3) is 10.8 Å². The minimum absolute atomic E-state index is 0.0190. The van der Waals surface area contributed by atoms with E-state index in [0.29, 0.717) is 5.75 Å². The Morgan fingerprint density at radius 3 is 2.68 bits per heavy atom. The third-order valence-corrected chi connectivity index (χ3v) is 4.24. The lowest BCUT2D eigenvalue weighted by Crippen LogP contribution is -2.57. The van der Waals surface area contributed by atoms with Crippen molar-refractivity contribution >= 4 is 38.8 Å². The summed E-state index contributed by atoms with van der Waals surface area (Å²) in [4.78, 5) is 12.0. The van der Waals surface area contributed by atoms with Crippen molar-refractivity contribution in [1.29, 1.82) is 0 Å². The van der Waals surface area contributed by atoms with Crippen LogP contribution in [-0.4, -0.2) is 40.7 Å². The second kappa shape index (κ2) is 6.30. The summed E-state index contributed by atoms with van der Waals surface area (Å²) in [5, 5.41) is 14.8. The zero-order chi connectivity index (χ0) is 18.2. The Morgan fingerprint density at radius 2 is 1.96 bits per heavy atom. The normalized spacial score (nSPS) is 20.3. The van der Waals surface area contributed by atoms with Crippen LogP contribution in [0.15, 0.2) is 46.0 Å². The summed E-state index contributed by atoms with van der Waals surface area (Å²) in [5.41, 5.74) is -3.33. The van der Waals surface area contributed by atoms with E-state index >= 15 is 0 Å². The predicted molar refractivity (Wildman–Crippen MR) is 88.1 cm³/mol. The number of carbonyl (C=O) groups excluding carboxylic acids is 1. The lowest BCUT2D eigenvalue weighted by Gasteiger charge is -2.32. The van der Waals surface area contributed by atoms with Gasteiger partial charge in [0, 0.05) is 17.1 Å². The number of rotatable bonds is 3. The molecule has 0 aromatic heterocycles. The highest BCUT2D eigenvalue weighted by atomic mass is 79.9. The average molecular weight is 417 g/mol. The largest absolute Gasteiger partial charge is 0.484 e. The van der Waals surface area contributed by atoms with E-state index in [1.165, 1.54) is 0 Å². The zero-order valence-corrected chi connectivity index (χ0v) is 14.2. The molecule has 1 atom stereocenters. The zero-order valence-electron chi connectivity index (χ0n) is 12.6. The molecule has 2 aromatic carbocycles. The summed E-state index contributed by atoms with van der Waals surface area (Å²) in [6.07, 6.45) is -4.98. The molecule has 0 saturated heterocycles. The summed E-state index contributed by atoms with van der Waals surface area (Å²) >= 11 is 3.35. The van der Waals surface area contributed by atoms with Gasteiger partial charge in [0.25, 0.3) is 11.6 Å². The van der Waals surface area contributed by atoms with Gasteiger partial charge >= 0.3 is 6.18 Å². The van der Waals surface area contributed by atoms with Crippen molar-refractivity contribution in [1.82, 2.24) is 5.01 Å². The number of hydrazone groups is 1. The van der Waals surface area contributed by atoms with Gasteiger partial charge in [-0.05, 0) is 35.0 Å². The number of halogens is 4. The molecule has 0 saturated carbocycles. The lowest BCUT2D eigenvalue weighted by molar-refractivity contribution is -0.302. The Hall–Kier alpha value is -2.13. The molecule has 0 aliphatic carbocycles. The number of amides is 1. The first-order valence-electron chi connectivity index (χ1n) is 7.17. The minimum Gasteiger partial charge on any atom is -0.484 e. The van der Waals surface area contributed by atoms with E-state index in [1.54, 1.807) is 18.2 Å². The molecular formula is C16H12BrF3N2O3. The van der Waals surface area contributed by atoms with Crippen LogP contribution in [-0.2, 0) is 4.79 Å². The molecule has 0 spiro atoms. The first-order chi connectivity index (χ1) is 11.7. The van der Waals surface area contributed by atoms with Gasteiger partial charge in [0.1, 0.15) is 5.75 Å². The molecule has 0 radical (unpaired) electrons. The van der Waals surface area contributed by atoms with Crippen LogP contribution in [0, 0.1) is 0 Å². The van der Waals surface area contributed by atoms with E-state index in [2.05, 4.69) is 21.0 Å². The molecule has 9 heteroatoms. The molecule has 1 N–H and O–H groups in total. The summed E-state index contributed by atoms with van der Waals surface area (Å²) in [5.74, 6) is -0.772. The third-order valence-electron chi connectivity index (χ3n) is 3.75. The molecule has 2 aromatic rings. The Morgan fingerprint density at radius 1 is 1.28 bits per heavy atom. The number of hydrogen-bond donors (Lipinski definition) is 1. The van der Waals surface area contributed by atoms with Crippen molar-refractivity contribution in [2.24, 2.45) is 5.10 Å². The van der Waals surface area contributed by atoms with E-state index in [9.17, 15) is 23.1 Å². The van der Waals surface area contributed by atoms with Crippen LogP contribution < -0.4 is 4.74 Å². The number of benzene rings is 2. The van der Waals surface area contributed by atoms with Crippen molar-refractivity contribution < 1.29 is 27.8 Å².